The highest BCUT2D eigenvalue weighted by Gasteiger charge is 2.21. The number of para-hydroxylation sites is 2. The highest BCUT2D eigenvalue weighted by molar-refractivity contribution is 5.81. The molecule has 0 aliphatic carbocycles. The Labute approximate surface area is 122 Å². The van der Waals surface area contributed by atoms with Gasteiger partial charge in [-0.2, -0.15) is 0 Å². The molecule has 110 valence electrons. The highest BCUT2D eigenvalue weighted by atomic mass is 16.4. The van der Waals surface area contributed by atoms with Crippen LogP contribution in [0.4, 0.5) is 10.7 Å². The van der Waals surface area contributed by atoms with E-state index in [-0.39, 0.29) is 0 Å². The van der Waals surface area contributed by atoms with Gasteiger partial charge < -0.3 is 14.9 Å². The normalized spacial score (nSPS) is 16.0. The number of benzene rings is 1. The van der Waals surface area contributed by atoms with E-state index < -0.39 is 6.09 Å². The van der Waals surface area contributed by atoms with Crippen LogP contribution < -0.4 is 4.90 Å². The van der Waals surface area contributed by atoms with Crippen molar-refractivity contribution in [3.05, 3.63) is 30.8 Å². The molecule has 2 heterocycles. The Morgan fingerprint density at radius 3 is 2.81 bits per heavy atom. The zero-order valence-electron chi connectivity index (χ0n) is 11.8. The van der Waals surface area contributed by atoms with Gasteiger partial charge in [-0.3, -0.25) is 4.57 Å². The fourth-order valence-electron chi connectivity index (χ4n) is 2.74. The quantitative estimate of drug-likeness (QED) is 0.920. The molecule has 1 aromatic carbocycles. The van der Waals surface area contributed by atoms with E-state index in [0.717, 1.165) is 29.9 Å². The number of hydrogen-bond acceptors (Lipinski definition) is 3. The molecule has 0 saturated carbocycles. The highest BCUT2D eigenvalue weighted by Crippen LogP contribution is 2.23. The summed E-state index contributed by atoms with van der Waals surface area (Å²) in [5.74, 6) is 0.832. The summed E-state index contributed by atoms with van der Waals surface area (Å²) in [6, 6.07) is 7.92. The van der Waals surface area contributed by atoms with E-state index in [1.54, 1.807) is 6.20 Å². The maximum Gasteiger partial charge on any atom is 0.407 e. The zero-order valence-corrected chi connectivity index (χ0v) is 11.8. The fraction of sp³-hybridized carbons (Fsp3) is 0.333. The average molecular weight is 286 g/mol. The van der Waals surface area contributed by atoms with Crippen LogP contribution in [0.5, 0.6) is 0 Å². The summed E-state index contributed by atoms with van der Waals surface area (Å²) in [6.07, 6.45) is 1.70. The smallest absolute Gasteiger partial charge is 0.407 e. The Kier molecular flexibility index (Phi) is 3.51. The van der Waals surface area contributed by atoms with Gasteiger partial charge in [-0.25, -0.2) is 9.78 Å². The van der Waals surface area contributed by atoms with Crippen molar-refractivity contribution in [2.24, 2.45) is 0 Å². The van der Waals surface area contributed by atoms with Crippen LogP contribution in [0.25, 0.3) is 17.2 Å². The number of anilines is 1. The van der Waals surface area contributed by atoms with Crippen LogP contribution in [0, 0.1) is 0 Å². The molecular formula is C15H18N4O2. The molecule has 0 unspecified atom stereocenters. The number of aromatic nitrogens is 2. The van der Waals surface area contributed by atoms with Gasteiger partial charge in [-0.1, -0.05) is 18.7 Å². The standard InChI is InChI=1S/C15H18N4O2/c1-2-19-13-7-4-3-6-12(13)16-14(19)17-8-5-9-18(11-10-17)15(20)21/h2-4,6-7H,1,5,8-11H2,(H,20,21). The number of hydrogen-bond donors (Lipinski definition) is 1. The molecule has 2 aromatic rings. The van der Waals surface area contributed by atoms with Crippen LogP contribution in [0.2, 0.25) is 0 Å². The van der Waals surface area contributed by atoms with Crippen LogP contribution in [-0.2, 0) is 0 Å². The third kappa shape index (κ3) is 2.44. The first-order chi connectivity index (χ1) is 10.2. The average Bonchev–Trinajstić information content (AvgIpc) is 2.68. The van der Waals surface area contributed by atoms with E-state index in [1.807, 2.05) is 28.8 Å². The van der Waals surface area contributed by atoms with Gasteiger partial charge in [0.15, 0.2) is 0 Å². The van der Waals surface area contributed by atoms with E-state index in [1.165, 1.54) is 4.90 Å². The monoisotopic (exact) mass is 286 g/mol. The molecule has 0 bridgehead atoms. The molecule has 21 heavy (non-hydrogen) atoms. The Hall–Kier alpha value is -2.50. The van der Waals surface area contributed by atoms with Gasteiger partial charge in [0, 0.05) is 32.4 Å². The van der Waals surface area contributed by atoms with E-state index in [0.29, 0.717) is 19.6 Å². The minimum atomic E-state index is -0.853. The molecular weight excluding hydrogens is 268 g/mol. The SMILES string of the molecule is C=Cn1c(N2CCCN(C(=O)O)CC2)nc2ccccc21. The number of carbonyl (C=O) groups is 1. The number of imidazole rings is 1. The maximum atomic E-state index is 11.1. The first-order valence-corrected chi connectivity index (χ1v) is 7.03. The van der Waals surface area contributed by atoms with Crippen molar-refractivity contribution >= 4 is 29.3 Å². The number of amides is 1. The lowest BCUT2D eigenvalue weighted by molar-refractivity contribution is 0.148. The van der Waals surface area contributed by atoms with E-state index in [4.69, 9.17) is 5.11 Å². The largest absolute Gasteiger partial charge is 0.465 e. The summed E-state index contributed by atoms with van der Waals surface area (Å²) in [5, 5.41) is 9.11. The molecule has 0 spiro atoms. The van der Waals surface area contributed by atoms with Crippen molar-refractivity contribution in [3.63, 3.8) is 0 Å². The molecule has 1 aromatic heterocycles. The van der Waals surface area contributed by atoms with Gasteiger partial charge in [0.05, 0.1) is 11.0 Å². The second-order valence-corrected chi connectivity index (χ2v) is 5.06. The molecule has 3 rings (SSSR count). The van der Waals surface area contributed by atoms with Crippen LogP contribution >= 0.6 is 0 Å². The second-order valence-electron chi connectivity index (χ2n) is 5.06. The predicted molar refractivity (Wildman–Crippen MR) is 82.5 cm³/mol. The first-order valence-electron chi connectivity index (χ1n) is 7.03. The number of fused-ring (bicyclic) bond motifs is 1. The summed E-state index contributed by atoms with van der Waals surface area (Å²) in [4.78, 5) is 19.3. The van der Waals surface area contributed by atoms with Gasteiger partial charge in [0.1, 0.15) is 0 Å². The maximum absolute atomic E-state index is 11.1. The molecule has 1 amide bonds. The first kappa shape index (κ1) is 13.5. The molecule has 6 heteroatoms. The van der Waals surface area contributed by atoms with Crippen molar-refractivity contribution in [3.8, 4) is 0 Å². The van der Waals surface area contributed by atoms with Gasteiger partial charge in [0.25, 0.3) is 0 Å². The van der Waals surface area contributed by atoms with Crippen molar-refractivity contribution in [2.75, 3.05) is 31.1 Å². The molecule has 1 aliphatic heterocycles. The minimum absolute atomic E-state index is 0.496. The van der Waals surface area contributed by atoms with Crippen molar-refractivity contribution in [2.45, 2.75) is 6.42 Å². The van der Waals surface area contributed by atoms with Crippen LogP contribution in [0.3, 0.4) is 0 Å². The fourth-order valence-corrected chi connectivity index (χ4v) is 2.74. The molecule has 0 atom stereocenters. The van der Waals surface area contributed by atoms with Crippen LogP contribution in [0.15, 0.2) is 30.8 Å². The molecule has 1 aliphatic rings. The Morgan fingerprint density at radius 1 is 1.24 bits per heavy atom. The third-order valence-corrected chi connectivity index (χ3v) is 3.81. The third-order valence-electron chi connectivity index (χ3n) is 3.81. The van der Waals surface area contributed by atoms with E-state index in [2.05, 4.69) is 16.5 Å². The Balaban J connectivity index is 1.93. The summed E-state index contributed by atoms with van der Waals surface area (Å²) in [7, 11) is 0. The molecule has 0 radical (unpaired) electrons. The lowest BCUT2D eigenvalue weighted by atomic mass is 10.3. The lowest BCUT2D eigenvalue weighted by Crippen LogP contribution is -2.34. The van der Waals surface area contributed by atoms with Gasteiger partial charge in [-0.15, -0.1) is 0 Å². The van der Waals surface area contributed by atoms with Crippen molar-refractivity contribution < 1.29 is 9.90 Å². The summed E-state index contributed by atoms with van der Waals surface area (Å²) < 4.78 is 1.96. The van der Waals surface area contributed by atoms with E-state index in [9.17, 15) is 4.79 Å². The van der Waals surface area contributed by atoms with Gasteiger partial charge in [0.2, 0.25) is 5.95 Å². The lowest BCUT2D eigenvalue weighted by Gasteiger charge is -2.21. The van der Waals surface area contributed by atoms with Gasteiger partial charge in [-0.05, 0) is 18.6 Å². The van der Waals surface area contributed by atoms with Crippen molar-refractivity contribution in [1.29, 1.82) is 0 Å². The Bertz CT molecular complexity index is 679. The minimum Gasteiger partial charge on any atom is -0.465 e. The second kappa shape index (κ2) is 5.47. The summed E-state index contributed by atoms with van der Waals surface area (Å²) in [6.45, 7) is 6.37. The van der Waals surface area contributed by atoms with Crippen LogP contribution in [-0.4, -0.2) is 51.8 Å². The predicted octanol–water partition coefficient (Wildman–Crippen LogP) is 2.33. The topological polar surface area (TPSA) is 61.6 Å². The molecule has 1 fully saturated rings. The van der Waals surface area contributed by atoms with Gasteiger partial charge >= 0.3 is 6.09 Å². The zero-order chi connectivity index (χ0) is 14.8. The molecule has 6 nitrogen and oxygen atoms in total. The molecule has 1 N–H and O–H groups in total. The van der Waals surface area contributed by atoms with Crippen molar-refractivity contribution in [1.82, 2.24) is 14.5 Å². The summed E-state index contributed by atoms with van der Waals surface area (Å²) in [5.41, 5.74) is 1.94. The van der Waals surface area contributed by atoms with E-state index >= 15 is 0 Å². The molecule has 1 saturated heterocycles. The number of nitrogens with zero attached hydrogens (tertiary/aromatic N) is 4. The Morgan fingerprint density at radius 2 is 2.05 bits per heavy atom. The number of carboxylic acid groups (broad SMARTS) is 1. The van der Waals surface area contributed by atoms with Crippen LogP contribution in [0.1, 0.15) is 6.42 Å². The number of rotatable bonds is 2. The summed E-state index contributed by atoms with van der Waals surface area (Å²) >= 11 is 0.